The van der Waals surface area contributed by atoms with Crippen molar-refractivity contribution in [2.24, 2.45) is 5.41 Å². The maximum Gasteiger partial charge on any atom is 0.0758 e. The maximum absolute atomic E-state index is 10.1. The Labute approximate surface area is 113 Å². The molecule has 18 heavy (non-hydrogen) atoms. The van der Waals surface area contributed by atoms with Crippen LogP contribution in [0.5, 0.6) is 0 Å². The van der Waals surface area contributed by atoms with E-state index >= 15 is 0 Å². The lowest BCUT2D eigenvalue weighted by molar-refractivity contribution is 0.0590. The molecular formula is C15H32N2O. The fourth-order valence-corrected chi connectivity index (χ4v) is 2.96. The molecule has 1 unspecified atom stereocenters. The molecular weight excluding hydrogens is 224 g/mol. The first kappa shape index (κ1) is 15.9. The largest absolute Gasteiger partial charge is 0.389 e. The molecule has 2 N–H and O–H groups in total. The van der Waals surface area contributed by atoms with Gasteiger partial charge in [0.15, 0.2) is 0 Å². The van der Waals surface area contributed by atoms with Crippen molar-refractivity contribution in [3.05, 3.63) is 0 Å². The quantitative estimate of drug-likeness (QED) is 0.654. The minimum atomic E-state index is -0.468. The zero-order chi connectivity index (χ0) is 13.6. The SMILES string of the molecule is CCCNCC(CC)(CC)CN1CCC(C)(O)C1. The Bertz CT molecular complexity index is 237. The smallest absolute Gasteiger partial charge is 0.0758 e. The number of nitrogens with one attached hydrogen (secondary N) is 1. The molecule has 1 saturated heterocycles. The average molecular weight is 256 g/mol. The highest BCUT2D eigenvalue weighted by molar-refractivity contribution is 4.91. The van der Waals surface area contributed by atoms with E-state index in [1.54, 1.807) is 0 Å². The summed E-state index contributed by atoms with van der Waals surface area (Å²) in [4.78, 5) is 2.45. The minimum absolute atomic E-state index is 0.371. The summed E-state index contributed by atoms with van der Waals surface area (Å²) in [5.74, 6) is 0. The summed E-state index contributed by atoms with van der Waals surface area (Å²) < 4.78 is 0. The molecule has 0 aromatic heterocycles. The number of nitrogens with zero attached hydrogens (tertiary/aromatic N) is 1. The molecule has 0 aromatic rings. The molecule has 0 saturated carbocycles. The summed E-state index contributed by atoms with van der Waals surface area (Å²) in [7, 11) is 0. The van der Waals surface area contributed by atoms with Gasteiger partial charge in [-0.3, -0.25) is 4.90 Å². The van der Waals surface area contributed by atoms with Crippen LogP contribution in [-0.2, 0) is 0 Å². The Balaban J connectivity index is 2.51. The molecule has 0 aliphatic carbocycles. The summed E-state index contributed by atoms with van der Waals surface area (Å²) in [6.45, 7) is 14.0. The maximum atomic E-state index is 10.1. The van der Waals surface area contributed by atoms with E-state index in [2.05, 4.69) is 31.0 Å². The van der Waals surface area contributed by atoms with Gasteiger partial charge in [-0.15, -0.1) is 0 Å². The average Bonchev–Trinajstić information content (AvgIpc) is 2.67. The van der Waals surface area contributed by atoms with Crippen LogP contribution >= 0.6 is 0 Å². The van der Waals surface area contributed by atoms with Crippen LogP contribution in [0, 0.1) is 5.41 Å². The van der Waals surface area contributed by atoms with E-state index in [0.29, 0.717) is 5.41 Å². The van der Waals surface area contributed by atoms with E-state index in [-0.39, 0.29) is 0 Å². The van der Waals surface area contributed by atoms with Crippen molar-refractivity contribution in [1.29, 1.82) is 0 Å². The molecule has 0 amide bonds. The highest BCUT2D eigenvalue weighted by atomic mass is 16.3. The molecule has 0 radical (unpaired) electrons. The van der Waals surface area contributed by atoms with Gasteiger partial charge in [0.25, 0.3) is 0 Å². The van der Waals surface area contributed by atoms with Gasteiger partial charge in [-0.05, 0) is 44.6 Å². The lowest BCUT2D eigenvalue weighted by Gasteiger charge is -2.36. The highest BCUT2D eigenvalue weighted by Crippen LogP contribution is 2.30. The third-order valence-corrected chi connectivity index (χ3v) is 4.52. The predicted molar refractivity (Wildman–Crippen MR) is 77.9 cm³/mol. The lowest BCUT2D eigenvalue weighted by Crippen LogP contribution is -2.44. The highest BCUT2D eigenvalue weighted by Gasteiger charge is 2.36. The van der Waals surface area contributed by atoms with Crippen molar-refractivity contribution in [2.75, 3.05) is 32.7 Å². The summed E-state index contributed by atoms with van der Waals surface area (Å²) in [6.07, 6.45) is 4.53. The Morgan fingerprint density at radius 2 is 1.94 bits per heavy atom. The third-order valence-electron chi connectivity index (χ3n) is 4.52. The zero-order valence-corrected chi connectivity index (χ0v) is 12.8. The van der Waals surface area contributed by atoms with Gasteiger partial charge in [0, 0.05) is 26.2 Å². The van der Waals surface area contributed by atoms with Gasteiger partial charge in [-0.1, -0.05) is 20.8 Å². The van der Waals surface area contributed by atoms with Gasteiger partial charge >= 0.3 is 0 Å². The van der Waals surface area contributed by atoms with Crippen LogP contribution in [0.25, 0.3) is 0 Å². The van der Waals surface area contributed by atoms with E-state index in [4.69, 9.17) is 0 Å². The molecule has 1 heterocycles. The number of β-amino-alcohol motifs (C(OH)–C–C–N with tert-alkyl or cyclic N) is 1. The molecule has 3 nitrogen and oxygen atoms in total. The lowest BCUT2D eigenvalue weighted by atomic mass is 9.81. The van der Waals surface area contributed by atoms with E-state index < -0.39 is 5.60 Å². The van der Waals surface area contributed by atoms with E-state index in [1.807, 2.05) is 6.92 Å². The van der Waals surface area contributed by atoms with Crippen LogP contribution < -0.4 is 5.32 Å². The minimum Gasteiger partial charge on any atom is -0.389 e. The number of rotatable bonds is 8. The first-order valence-corrected chi connectivity index (χ1v) is 7.62. The van der Waals surface area contributed by atoms with E-state index in [0.717, 1.165) is 39.1 Å². The molecule has 0 spiro atoms. The van der Waals surface area contributed by atoms with Crippen molar-refractivity contribution < 1.29 is 5.11 Å². The van der Waals surface area contributed by atoms with Gasteiger partial charge in [0.05, 0.1) is 5.60 Å². The fraction of sp³-hybridized carbons (Fsp3) is 1.00. The molecule has 0 bridgehead atoms. The third kappa shape index (κ3) is 4.52. The van der Waals surface area contributed by atoms with Crippen LogP contribution in [0.1, 0.15) is 53.4 Å². The second kappa shape index (κ2) is 6.88. The molecule has 1 rings (SSSR count). The second-order valence-electron chi connectivity index (χ2n) is 6.34. The van der Waals surface area contributed by atoms with Gasteiger partial charge in [0.1, 0.15) is 0 Å². The van der Waals surface area contributed by atoms with Crippen LogP contribution in [0.2, 0.25) is 0 Å². The molecule has 108 valence electrons. The van der Waals surface area contributed by atoms with Crippen molar-refractivity contribution >= 4 is 0 Å². The Kier molecular flexibility index (Phi) is 6.09. The molecule has 0 aromatic carbocycles. The van der Waals surface area contributed by atoms with Gasteiger partial charge in [-0.25, -0.2) is 0 Å². The van der Waals surface area contributed by atoms with Crippen molar-refractivity contribution in [2.45, 2.75) is 59.0 Å². The fourth-order valence-electron chi connectivity index (χ4n) is 2.96. The summed E-state index contributed by atoms with van der Waals surface area (Å²) in [5.41, 5.74) is -0.0976. The standard InChI is InChI=1S/C15H32N2O/c1-5-9-16-11-15(6-2,7-3)13-17-10-8-14(4,18)12-17/h16,18H,5-13H2,1-4H3. The zero-order valence-electron chi connectivity index (χ0n) is 12.8. The summed E-state index contributed by atoms with van der Waals surface area (Å²) in [6, 6.07) is 0. The first-order valence-electron chi connectivity index (χ1n) is 7.62. The van der Waals surface area contributed by atoms with Crippen LogP contribution in [-0.4, -0.2) is 48.3 Å². The van der Waals surface area contributed by atoms with Gasteiger partial charge in [-0.2, -0.15) is 0 Å². The van der Waals surface area contributed by atoms with Crippen molar-refractivity contribution in [1.82, 2.24) is 10.2 Å². The van der Waals surface area contributed by atoms with E-state index in [9.17, 15) is 5.11 Å². The Hall–Kier alpha value is -0.120. The molecule has 1 aliphatic heterocycles. The topological polar surface area (TPSA) is 35.5 Å². The van der Waals surface area contributed by atoms with Crippen molar-refractivity contribution in [3.8, 4) is 0 Å². The molecule has 3 heteroatoms. The summed E-state index contributed by atoms with van der Waals surface area (Å²) >= 11 is 0. The van der Waals surface area contributed by atoms with E-state index in [1.165, 1.54) is 19.3 Å². The summed E-state index contributed by atoms with van der Waals surface area (Å²) in [5, 5.41) is 13.6. The number of likely N-dealkylation sites (tertiary alicyclic amines) is 1. The molecule has 1 atom stereocenters. The normalized spacial score (nSPS) is 25.8. The Morgan fingerprint density at radius 3 is 2.39 bits per heavy atom. The molecule has 1 aliphatic rings. The Morgan fingerprint density at radius 1 is 1.28 bits per heavy atom. The number of hydrogen-bond acceptors (Lipinski definition) is 3. The number of hydrogen-bond donors (Lipinski definition) is 2. The monoisotopic (exact) mass is 256 g/mol. The van der Waals surface area contributed by atoms with Crippen molar-refractivity contribution in [3.63, 3.8) is 0 Å². The first-order chi connectivity index (χ1) is 8.47. The van der Waals surface area contributed by atoms with Crippen LogP contribution in [0.15, 0.2) is 0 Å². The van der Waals surface area contributed by atoms with Gasteiger partial charge in [0.2, 0.25) is 0 Å². The van der Waals surface area contributed by atoms with Crippen LogP contribution in [0.3, 0.4) is 0 Å². The van der Waals surface area contributed by atoms with Gasteiger partial charge < -0.3 is 10.4 Å². The number of aliphatic hydroxyl groups is 1. The second-order valence-corrected chi connectivity index (χ2v) is 6.34. The predicted octanol–water partition coefficient (Wildman–Crippen LogP) is 2.25. The van der Waals surface area contributed by atoms with Crippen LogP contribution in [0.4, 0.5) is 0 Å². The molecule has 1 fully saturated rings.